The lowest BCUT2D eigenvalue weighted by Gasteiger charge is -2.38. The number of nitrogens with zero attached hydrogens (tertiary/aromatic N) is 3. The molecular weight excluding hydrogens is 374 g/mol. The lowest BCUT2D eigenvalue weighted by atomic mass is 9.72. The fraction of sp³-hybridized carbons (Fsp3) is 0.208. The summed E-state index contributed by atoms with van der Waals surface area (Å²) in [6.45, 7) is 0. The molecule has 6 heteroatoms. The number of fused-ring (bicyclic) bond motifs is 1. The van der Waals surface area contributed by atoms with E-state index >= 15 is 0 Å². The zero-order valence-electron chi connectivity index (χ0n) is 16.6. The molecule has 0 spiro atoms. The monoisotopic (exact) mass is 397 g/mol. The van der Waals surface area contributed by atoms with Gasteiger partial charge < -0.3 is 11.5 Å². The number of hydrogen-bond acceptors (Lipinski definition) is 4. The lowest BCUT2D eigenvalue weighted by Crippen LogP contribution is -2.43. The number of carbonyl (C=O) groups excluding carboxylic acids is 1. The van der Waals surface area contributed by atoms with Crippen molar-refractivity contribution in [3.8, 4) is 11.3 Å². The quantitative estimate of drug-likeness (QED) is 0.539. The summed E-state index contributed by atoms with van der Waals surface area (Å²) in [6, 6.07) is 20.0. The molecule has 1 aliphatic carbocycles. The smallest absolute Gasteiger partial charge is 0.252 e. The van der Waals surface area contributed by atoms with Gasteiger partial charge in [0, 0.05) is 23.7 Å². The van der Waals surface area contributed by atoms with E-state index < -0.39 is 5.91 Å². The SMILES string of the molecule is NC(=O)c1ccnn2c(-c3ccccc3)c(Cc3ccc(C4(N)CCC4)cc3)nc12. The molecule has 0 atom stereocenters. The summed E-state index contributed by atoms with van der Waals surface area (Å²) in [6.07, 6.45) is 5.47. The molecule has 30 heavy (non-hydrogen) atoms. The molecule has 1 fully saturated rings. The average molecular weight is 397 g/mol. The first kappa shape index (κ1) is 18.5. The third-order valence-corrected chi connectivity index (χ3v) is 6.05. The van der Waals surface area contributed by atoms with Crippen LogP contribution in [0, 0.1) is 0 Å². The number of imidazole rings is 1. The second-order valence-corrected chi connectivity index (χ2v) is 8.00. The van der Waals surface area contributed by atoms with Gasteiger partial charge in [0.2, 0.25) is 0 Å². The Bertz CT molecular complexity index is 1220. The van der Waals surface area contributed by atoms with Gasteiger partial charge in [-0.05, 0) is 36.5 Å². The van der Waals surface area contributed by atoms with Gasteiger partial charge in [-0.2, -0.15) is 5.10 Å². The predicted molar refractivity (Wildman–Crippen MR) is 116 cm³/mol. The number of benzene rings is 2. The normalized spacial score (nSPS) is 15.1. The highest BCUT2D eigenvalue weighted by molar-refractivity contribution is 5.99. The summed E-state index contributed by atoms with van der Waals surface area (Å²) in [4.78, 5) is 16.7. The van der Waals surface area contributed by atoms with Gasteiger partial charge in [0.15, 0.2) is 5.65 Å². The Morgan fingerprint density at radius 3 is 2.40 bits per heavy atom. The second-order valence-electron chi connectivity index (χ2n) is 8.00. The minimum atomic E-state index is -0.517. The Morgan fingerprint density at radius 1 is 1.03 bits per heavy atom. The van der Waals surface area contributed by atoms with Crippen LogP contribution in [0.25, 0.3) is 16.9 Å². The molecule has 0 radical (unpaired) electrons. The van der Waals surface area contributed by atoms with E-state index in [2.05, 4.69) is 29.4 Å². The molecule has 1 amide bonds. The van der Waals surface area contributed by atoms with E-state index in [4.69, 9.17) is 16.5 Å². The second kappa shape index (κ2) is 7.07. The number of amides is 1. The Morgan fingerprint density at radius 2 is 1.77 bits per heavy atom. The van der Waals surface area contributed by atoms with Crippen LogP contribution >= 0.6 is 0 Å². The van der Waals surface area contributed by atoms with E-state index in [1.165, 1.54) is 12.0 Å². The average Bonchev–Trinajstić information content (AvgIpc) is 3.11. The summed E-state index contributed by atoms with van der Waals surface area (Å²) in [5, 5.41) is 4.46. The van der Waals surface area contributed by atoms with Crippen molar-refractivity contribution in [1.82, 2.24) is 14.6 Å². The molecule has 1 saturated carbocycles. The zero-order chi connectivity index (χ0) is 20.7. The van der Waals surface area contributed by atoms with Crippen molar-refractivity contribution < 1.29 is 4.79 Å². The van der Waals surface area contributed by atoms with Crippen molar-refractivity contribution in [2.75, 3.05) is 0 Å². The van der Waals surface area contributed by atoms with Crippen LogP contribution in [0.3, 0.4) is 0 Å². The molecule has 0 unspecified atom stereocenters. The highest BCUT2D eigenvalue weighted by Crippen LogP contribution is 2.38. The lowest BCUT2D eigenvalue weighted by molar-refractivity contribution is 0.100. The van der Waals surface area contributed by atoms with E-state index in [9.17, 15) is 4.79 Å². The molecule has 2 aromatic heterocycles. The molecule has 1 aliphatic rings. The van der Waals surface area contributed by atoms with Crippen LogP contribution in [0.15, 0.2) is 66.9 Å². The van der Waals surface area contributed by atoms with Crippen LogP contribution in [0.2, 0.25) is 0 Å². The van der Waals surface area contributed by atoms with Crippen molar-refractivity contribution >= 4 is 11.6 Å². The van der Waals surface area contributed by atoms with Crippen molar-refractivity contribution in [1.29, 1.82) is 0 Å². The molecule has 2 heterocycles. The van der Waals surface area contributed by atoms with Crippen LogP contribution < -0.4 is 11.5 Å². The first-order chi connectivity index (χ1) is 14.5. The molecular formula is C24H23N5O. The van der Waals surface area contributed by atoms with Gasteiger partial charge in [0.05, 0.1) is 17.0 Å². The van der Waals surface area contributed by atoms with E-state index in [0.29, 0.717) is 17.6 Å². The predicted octanol–water partition coefficient (Wildman–Crippen LogP) is 3.42. The van der Waals surface area contributed by atoms with E-state index in [1.54, 1.807) is 16.8 Å². The maximum Gasteiger partial charge on any atom is 0.252 e. The van der Waals surface area contributed by atoms with Crippen molar-refractivity contribution in [3.05, 3.63) is 89.2 Å². The fourth-order valence-electron chi connectivity index (χ4n) is 4.19. The van der Waals surface area contributed by atoms with Crippen molar-refractivity contribution in [2.24, 2.45) is 11.5 Å². The van der Waals surface area contributed by atoms with Crippen molar-refractivity contribution in [3.63, 3.8) is 0 Å². The van der Waals surface area contributed by atoms with E-state index in [0.717, 1.165) is 35.4 Å². The summed E-state index contributed by atoms with van der Waals surface area (Å²) in [5.41, 5.74) is 17.7. The third-order valence-electron chi connectivity index (χ3n) is 6.05. The molecule has 5 rings (SSSR count). The number of nitrogens with two attached hydrogens (primary N) is 2. The summed E-state index contributed by atoms with van der Waals surface area (Å²) in [5.74, 6) is -0.517. The Labute approximate surface area is 174 Å². The van der Waals surface area contributed by atoms with Crippen LogP contribution in [-0.2, 0) is 12.0 Å². The summed E-state index contributed by atoms with van der Waals surface area (Å²) in [7, 11) is 0. The Kier molecular flexibility index (Phi) is 4.37. The maximum atomic E-state index is 11.9. The summed E-state index contributed by atoms with van der Waals surface area (Å²) < 4.78 is 1.71. The van der Waals surface area contributed by atoms with E-state index in [1.807, 2.05) is 30.3 Å². The summed E-state index contributed by atoms with van der Waals surface area (Å²) >= 11 is 0. The fourth-order valence-corrected chi connectivity index (χ4v) is 4.19. The molecule has 4 N–H and O–H groups in total. The number of aromatic nitrogens is 3. The van der Waals surface area contributed by atoms with Gasteiger partial charge in [-0.1, -0.05) is 54.6 Å². The van der Waals surface area contributed by atoms with Crippen LogP contribution in [0.4, 0.5) is 0 Å². The van der Waals surface area contributed by atoms with Gasteiger partial charge in [-0.3, -0.25) is 4.79 Å². The standard InChI is InChI=1S/C24H23N5O/c25-22(30)19-11-14-27-29-21(17-5-2-1-3-6-17)20(28-23(19)29)15-16-7-9-18(10-8-16)24(26)12-4-13-24/h1-3,5-11,14H,4,12-13,15,26H2,(H2,25,30). The van der Waals surface area contributed by atoms with Gasteiger partial charge in [0.1, 0.15) is 0 Å². The first-order valence-corrected chi connectivity index (χ1v) is 10.2. The minimum Gasteiger partial charge on any atom is -0.365 e. The van der Waals surface area contributed by atoms with Gasteiger partial charge >= 0.3 is 0 Å². The molecule has 2 aromatic carbocycles. The minimum absolute atomic E-state index is 0.170. The first-order valence-electron chi connectivity index (χ1n) is 10.2. The molecule has 0 aliphatic heterocycles. The van der Waals surface area contributed by atoms with Gasteiger partial charge in [-0.25, -0.2) is 9.50 Å². The Hall–Kier alpha value is -3.51. The van der Waals surface area contributed by atoms with Gasteiger partial charge in [-0.15, -0.1) is 0 Å². The number of hydrogen-bond donors (Lipinski definition) is 2. The molecule has 0 bridgehead atoms. The number of primary amides is 1. The van der Waals surface area contributed by atoms with Crippen LogP contribution in [-0.4, -0.2) is 20.5 Å². The third kappa shape index (κ3) is 3.06. The van der Waals surface area contributed by atoms with Crippen LogP contribution in [0.1, 0.15) is 46.4 Å². The number of carbonyl (C=O) groups is 1. The zero-order valence-corrected chi connectivity index (χ0v) is 16.6. The molecule has 0 saturated heterocycles. The molecule has 6 nitrogen and oxygen atoms in total. The van der Waals surface area contributed by atoms with Crippen LogP contribution in [0.5, 0.6) is 0 Å². The van der Waals surface area contributed by atoms with Crippen molar-refractivity contribution in [2.45, 2.75) is 31.2 Å². The molecule has 4 aromatic rings. The van der Waals surface area contributed by atoms with Gasteiger partial charge in [0.25, 0.3) is 5.91 Å². The highest BCUT2D eigenvalue weighted by atomic mass is 16.1. The molecule has 150 valence electrons. The Balaban J connectivity index is 1.59. The maximum absolute atomic E-state index is 11.9. The topological polar surface area (TPSA) is 99.3 Å². The highest BCUT2D eigenvalue weighted by Gasteiger charge is 2.34. The largest absolute Gasteiger partial charge is 0.365 e. The number of rotatable bonds is 5. The van der Waals surface area contributed by atoms with E-state index in [-0.39, 0.29) is 5.54 Å².